The molecule has 0 aliphatic carbocycles. The van der Waals surface area contributed by atoms with E-state index in [1.54, 1.807) is 31.3 Å². The summed E-state index contributed by atoms with van der Waals surface area (Å²) in [6.45, 7) is 3.98. The van der Waals surface area contributed by atoms with Gasteiger partial charge in [0.25, 0.3) is 0 Å². The lowest BCUT2D eigenvalue weighted by atomic mass is 10.0. The lowest BCUT2D eigenvalue weighted by Gasteiger charge is -2.18. The summed E-state index contributed by atoms with van der Waals surface area (Å²) in [5.74, 6) is -0.282. The van der Waals surface area contributed by atoms with Gasteiger partial charge in [0.2, 0.25) is 15.9 Å². The van der Waals surface area contributed by atoms with Crippen molar-refractivity contribution in [1.82, 2.24) is 0 Å². The van der Waals surface area contributed by atoms with Crippen molar-refractivity contribution >= 4 is 38.3 Å². The smallest absolute Gasteiger partial charge is 0.238 e. The van der Waals surface area contributed by atoms with Crippen LogP contribution in [0.1, 0.15) is 16.7 Å². The molecule has 0 radical (unpaired) electrons. The van der Waals surface area contributed by atoms with Crippen LogP contribution in [0.2, 0.25) is 0 Å². The molecule has 0 atom stereocenters. The van der Waals surface area contributed by atoms with Crippen LogP contribution < -0.4 is 15.4 Å². The average Bonchev–Trinajstić information content (AvgIpc) is 3.00. The summed E-state index contributed by atoms with van der Waals surface area (Å²) >= 11 is 0. The highest BCUT2D eigenvalue weighted by Crippen LogP contribution is 2.29. The Bertz CT molecular complexity index is 1160. The number of nitrogens with two attached hydrogens (primary N) is 1. The Morgan fingerprint density at radius 2 is 1.89 bits per heavy atom. The minimum atomic E-state index is -3.88. The molecule has 0 saturated heterocycles. The molecule has 148 valence electrons. The molecule has 3 aromatic rings. The van der Waals surface area contributed by atoms with Crippen LogP contribution in [-0.4, -0.2) is 28.4 Å². The summed E-state index contributed by atoms with van der Waals surface area (Å²) in [4.78, 5) is 14.4. The molecule has 1 aromatic heterocycles. The number of benzene rings is 2. The fraction of sp³-hybridized carbons (Fsp3) is 0.250. The van der Waals surface area contributed by atoms with Gasteiger partial charge in [0.05, 0.1) is 29.0 Å². The second kappa shape index (κ2) is 7.29. The maximum absolute atomic E-state index is 12.7. The second-order valence-corrected chi connectivity index (χ2v) is 8.55. The maximum Gasteiger partial charge on any atom is 0.238 e. The van der Waals surface area contributed by atoms with E-state index in [2.05, 4.69) is 5.32 Å². The van der Waals surface area contributed by atoms with Crippen molar-refractivity contribution < 1.29 is 17.6 Å². The molecule has 28 heavy (non-hydrogen) atoms. The topological polar surface area (TPSA) is 106 Å². The van der Waals surface area contributed by atoms with Crippen molar-refractivity contribution in [2.24, 2.45) is 5.14 Å². The van der Waals surface area contributed by atoms with Crippen LogP contribution >= 0.6 is 0 Å². The van der Waals surface area contributed by atoms with E-state index in [0.29, 0.717) is 11.4 Å². The van der Waals surface area contributed by atoms with Crippen molar-refractivity contribution in [1.29, 1.82) is 0 Å². The molecule has 0 bridgehead atoms. The maximum atomic E-state index is 12.7. The van der Waals surface area contributed by atoms with Gasteiger partial charge in [-0.15, -0.1) is 0 Å². The monoisotopic (exact) mass is 401 g/mol. The average molecular weight is 401 g/mol. The molecule has 8 heteroatoms. The van der Waals surface area contributed by atoms with Gasteiger partial charge in [-0.3, -0.25) is 4.79 Å². The molecule has 1 heterocycles. The number of primary sulfonamides is 1. The summed E-state index contributed by atoms with van der Waals surface area (Å²) in [6.07, 6.45) is 1.69. The first-order valence-electron chi connectivity index (χ1n) is 8.68. The SMILES string of the molecule is Cc1ccc2c(CC(=O)Nc3cc(S(N)(=O)=O)ccc3N(C)C)coc2c1C. The molecule has 7 nitrogen and oxygen atoms in total. The van der Waals surface area contributed by atoms with Gasteiger partial charge in [-0.1, -0.05) is 12.1 Å². The number of sulfonamides is 1. The molecular weight excluding hydrogens is 378 g/mol. The zero-order valence-corrected chi connectivity index (χ0v) is 17.1. The van der Waals surface area contributed by atoms with Gasteiger partial charge in [-0.2, -0.15) is 0 Å². The van der Waals surface area contributed by atoms with Crippen molar-refractivity contribution in [3.05, 3.63) is 53.3 Å². The standard InChI is InChI=1S/C20H23N3O4S/c1-12-5-7-16-14(11-27-20(16)13(12)2)9-19(24)22-17-10-15(28(21,25)26)6-8-18(17)23(3)4/h5-8,10-11H,9H2,1-4H3,(H,22,24)(H2,21,25,26). The number of hydrogen-bond donors (Lipinski definition) is 2. The molecule has 0 fully saturated rings. The van der Waals surface area contributed by atoms with Crippen LogP contribution in [0.25, 0.3) is 11.0 Å². The summed E-state index contributed by atoms with van der Waals surface area (Å²) in [7, 11) is -0.272. The minimum Gasteiger partial charge on any atom is -0.464 e. The molecule has 0 saturated carbocycles. The second-order valence-electron chi connectivity index (χ2n) is 6.99. The number of carbonyl (C=O) groups excluding carboxylic acids is 1. The van der Waals surface area contributed by atoms with Crippen molar-refractivity contribution in [2.75, 3.05) is 24.3 Å². The highest BCUT2D eigenvalue weighted by molar-refractivity contribution is 7.89. The number of aryl methyl sites for hydroxylation is 2. The van der Waals surface area contributed by atoms with E-state index in [-0.39, 0.29) is 17.2 Å². The quantitative estimate of drug-likeness (QED) is 0.684. The summed E-state index contributed by atoms with van der Waals surface area (Å²) in [5.41, 5.74) is 4.75. The number of amides is 1. The predicted octanol–water partition coefficient (Wildman–Crippen LogP) is 2.94. The first-order chi connectivity index (χ1) is 13.1. The number of anilines is 2. The lowest BCUT2D eigenvalue weighted by molar-refractivity contribution is -0.115. The van der Waals surface area contributed by atoms with Crippen molar-refractivity contribution in [3.63, 3.8) is 0 Å². The van der Waals surface area contributed by atoms with Crippen LogP contribution in [0.5, 0.6) is 0 Å². The molecule has 0 aliphatic rings. The molecular formula is C20H23N3O4S. The normalized spacial score (nSPS) is 11.6. The number of nitrogens with one attached hydrogen (secondary N) is 1. The van der Waals surface area contributed by atoms with Gasteiger partial charge < -0.3 is 14.6 Å². The van der Waals surface area contributed by atoms with E-state index < -0.39 is 10.0 Å². The largest absolute Gasteiger partial charge is 0.464 e. The number of carbonyl (C=O) groups is 1. The lowest BCUT2D eigenvalue weighted by Crippen LogP contribution is -2.19. The molecule has 1 amide bonds. The third-order valence-corrected chi connectivity index (χ3v) is 5.66. The van der Waals surface area contributed by atoms with E-state index in [0.717, 1.165) is 27.7 Å². The molecule has 3 rings (SSSR count). The third kappa shape index (κ3) is 3.88. The van der Waals surface area contributed by atoms with E-state index >= 15 is 0 Å². The highest BCUT2D eigenvalue weighted by atomic mass is 32.2. The van der Waals surface area contributed by atoms with Gasteiger partial charge in [0.1, 0.15) is 5.58 Å². The highest BCUT2D eigenvalue weighted by Gasteiger charge is 2.17. The number of rotatable bonds is 5. The van der Waals surface area contributed by atoms with Crippen LogP contribution in [0, 0.1) is 13.8 Å². The Morgan fingerprint density at radius 3 is 2.54 bits per heavy atom. The number of furan rings is 1. The zero-order valence-electron chi connectivity index (χ0n) is 16.2. The molecule has 0 spiro atoms. The van der Waals surface area contributed by atoms with Gasteiger partial charge in [0.15, 0.2) is 0 Å². The van der Waals surface area contributed by atoms with Crippen molar-refractivity contribution in [3.8, 4) is 0 Å². The zero-order chi connectivity index (χ0) is 20.6. The first kappa shape index (κ1) is 19.9. The van der Waals surface area contributed by atoms with Crippen LogP contribution in [0.15, 0.2) is 45.9 Å². The first-order valence-corrected chi connectivity index (χ1v) is 10.2. The Labute approximate surface area is 164 Å². The minimum absolute atomic E-state index is 0.0618. The molecule has 3 N–H and O–H groups in total. The predicted molar refractivity (Wildman–Crippen MR) is 110 cm³/mol. The van der Waals surface area contributed by atoms with Crippen LogP contribution in [-0.2, 0) is 21.2 Å². The van der Waals surface area contributed by atoms with Gasteiger partial charge >= 0.3 is 0 Å². The van der Waals surface area contributed by atoms with E-state index in [1.165, 1.54) is 12.1 Å². The Balaban J connectivity index is 1.90. The Hall–Kier alpha value is -2.84. The Kier molecular flexibility index (Phi) is 5.18. The summed E-state index contributed by atoms with van der Waals surface area (Å²) < 4.78 is 29.0. The van der Waals surface area contributed by atoms with E-state index in [4.69, 9.17) is 9.56 Å². The summed E-state index contributed by atoms with van der Waals surface area (Å²) in [5, 5.41) is 8.90. The van der Waals surface area contributed by atoms with Crippen molar-refractivity contribution in [2.45, 2.75) is 25.2 Å². The van der Waals surface area contributed by atoms with Crippen LogP contribution in [0.3, 0.4) is 0 Å². The number of fused-ring (bicyclic) bond motifs is 1. The number of nitrogens with zero attached hydrogens (tertiary/aromatic N) is 1. The fourth-order valence-electron chi connectivity index (χ4n) is 3.07. The van der Waals surface area contributed by atoms with Gasteiger partial charge in [-0.05, 0) is 43.2 Å². The fourth-order valence-corrected chi connectivity index (χ4v) is 3.61. The van der Waals surface area contributed by atoms with E-state index in [9.17, 15) is 13.2 Å². The summed E-state index contributed by atoms with van der Waals surface area (Å²) in [6, 6.07) is 8.32. The Morgan fingerprint density at radius 1 is 1.18 bits per heavy atom. The molecule has 0 aliphatic heterocycles. The van der Waals surface area contributed by atoms with E-state index in [1.807, 2.05) is 26.0 Å². The van der Waals surface area contributed by atoms with Crippen LogP contribution in [0.4, 0.5) is 11.4 Å². The number of hydrogen-bond acceptors (Lipinski definition) is 5. The third-order valence-electron chi connectivity index (χ3n) is 4.75. The van der Waals surface area contributed by atoms with Gasteiger partial charge in [0, 0.05) is 25.0 Å². The molecule has 2 aromatic carbocycles. The van der Waals surface area contributed by atoms with Gasteiger partial charge in [-0.25, -0.2) is 13.6 Å². The molecule has 0 unspecified atom stereocenters.